The Morgan fingerprint density at radius 2 is 1.87 bits per heavy atom. The molecule has 2 heterocycles. The number of carbonyl (C=O) groups is 1. The van der Waals surface area contributed by atoms with Gasteiger partial charge < -0.3 is 4.57 Å². The molecule has 0 radical (unpaired) electrons. The van der Waals surface area contributed by atoms with E-state index < -0.39 is 27.1 Å². The minimum absolute atomic E-state index is 0.0849. The third kappa shape index (κ3) is 3.73. The molecule has 4 rings (SSSR count). The molecule has 1 aliphatic heterocycles. The van der Waals surface area contributed by atoms with E-state index in [2.05, 4.69) is 5.43 Å². The number of nitro groups is 2. The summed E-state index contributed by atoms with van der Waals surface area (Å²) in [6.07, 6.45) is 3.61. The fourth-order valence-corrected chi connectivity index (χ4v) is 4.36. The van der Waals surface area contributed by atoms with Gasteiger partial charge >= 0.3 is 5.69 Å². The van der Waals surface area contributed by atoms with Gasteiger partial charge in [-0.2, -0.15) is 0 Å². The first-order valence-electron chi connectivity index (χ1n) is 8.78. The Morgan fingerprint density at radius 3 is 2.58 bits per heavy atom. The maximum Gasteiger partial charge on any atom is 0.300 e. The van der Waals surface area contributed by atoms with Crippen LogP contribution in [0.3, 0.4) is 0 Å². The monoisotopic (exact) mass is 455 g/mol. The van der Waals surface area contributed by atoms with Crippen molar-refractivity contribution in [3.05, 3.63) is 79.4 Å². The number of thiocarbonyl (C=S) groups is 1. The predicted molar refractivity (Wildman–Crippen MR) is 121 cm³/mol. The summed E-state index contributed by atoms with van der Waals surface area (Å²) >= 11 is 6.32. The Kier molecular flexibility index (Phi) is 5.17. The minimum atomic E-state index is -0.765. The average molecular weight is 455 g/mol. The maximum absolute atomic E-state index is 12.9. The normalized spacial score (nSPS) is 15.1. The van der Waals surface area contributed by atoms with Gasteiger partial charge in [-0.1, -0.05) is 30.0 Å². The zero-order valence-corrected chi connectivity index (χ0v) is 17.5. The van der Waals surface area contributed by atoms with Gasteiger partial charge in [-0.15, -0.1) is 0 Å². The second-order valence-electron chi connectivity index (χ2n) is 6.56. The highest BCUT2D eigenvalue weighted by Crippen LogP contribution is 2.36. The van der Waals surface area contributed by atoms with Gasteiger partial charge in [-0.25, -0.2) is 5.01 Å². The maximum atomic E-state index is 12.9. The Morgan fingerprint density at radius 1 is 1.13 bits per heavy atom. The summed E-state index contributed by atoms with van der Waals surface area (Å²) in [5.41, 5.74) is 3.41. The van der Waals surface area contributed by atoms with Crippen LogP contribution in [0, 0.1) is 20.2 Å². The number of benzene rings is 2. The molecule has 0 atom stereocenters. The minimum Gasteiger partial charge on any atom is -0.350 e. The van der Waals surface area contributed by atoms with Crippen LogP contribution in [-0.4, -0.2) is 29.7 Å². The number of non-ortho nitro benzene ring substituents is 1. The molecule has 1 amide bonds. The molecule has 1 saturated heterocycles. The molecule has 1 fully saturated rings. The van der Waals surface area contributed by atoms with E-state index in [0.29, 0.717) is 4.91 Å². The van der Waals surface area contributed by atoms with E-state index >= 15 is 0 Å². The second kappa shape index (κ2) is 7.81. The summed E-state index contributed by atoms with van der Waals surface area (Å²) in [5, 5.41) is 24.3. The van der Waals surface area contributed by atoms with Crippen LogP contribution in [0.2, 0.25) is 0 Å². The van der Waals surface area contributed by atoms with Crippen molar-refractivity contribution < 1.29 is 14.6 Å². The third-order valence-electron chi connectivity index (χ3n) is 4.63. The number of aryl methyl sites for hydroxylation is 1. The number of hydrazine groups is 1. The van der Waals surface area contributed by atoms with Crippen molar-refractivity contribution in [2.45, 2.75) is 0 Å². The van der Waals surface area contributed by atoms with Crippen LogP contribution in [0.25, 0.3) is 17.0 Å². The third-order valence-corrected chi connectivity index (χ3v) is 5.93. The van der Waals surface area contributed by atoms with E-state index in [-0.39, 0.29) is 10.0 Å². The van der Waals surface area contributed by atoms with Crippen molar-refractivity contribution in [2.75, 3.05) is 5.43 Å². The van der Waals surface area contributed by atoms with Gasteiger partial charge in [0.25, 0.3) is 11.6 Å². The fourth-order valence-electron chi connectivity index (χ4n) is 3.19. The number of thioether (sulfide) groups is 1. The first-order chi connectivity index (χ1) is 14.8. The molecular weight excluding hydrogens is 442 g/mol. The molecule has 0 saturated carbocycles. The van der Waals surface area contributed by atoms with Crippen LogP contribution >= 0.6 is 24.0 Å². The molecule has 12 heteroatoms. The van der Waals surface area contributed by atoms with Crippen LogP contribution in [0.15, 0.2) is 53.6 Å². The van der Waals surface area contributed by atoms with Gasteiger partial charge in [0.05, 0.1) is 20.8 Å². The summed E-state index contributed by atoms with van der Waals surface area (Å²) in [7, 11) is 1.90. The molecule has 1 aliphatic rings. The number of rotatable bonds is 5. The zero-order valence-electron chi connectivity index (χ0n) is 15.8. The van der Waals surface area contributed by atoms with Crippen molar-refractivity contribution in [3.8, 4) is 0 Å². The van der Waals surface area contributed by atoms with Gasteiger partial charge in [0, 0.05) is 35.8 Å². The van der Waals surface area contributed by atoms with Gasteiger partial charge in [-0.05, 0) is 30.4 Å². The summed E-state index contributed by atoms with van der Waals surface area (Å²) < 4.78 is 2.10. The van der Waals surface area contributed by atoms with Crippen molar-refractivity contribution in [1.82, 2.24) is 9.58 Å². The van der Waals surface area contributed by atoms with Crippen LogP contribution in [0.5, 0.6) is 0 Å². The number of carbonyl (C=O) groups excluding carboxylic acids is 1. The first kappa shape index (κ1) is 20.5. The Bertz CT molecular complexity index is 1320. The van der Waals surface area contributed by atoms with Crippen molar-refractivity contribution in [2.24, 2.45) is 7.05 Å². The summed E-state index contributed by atoms with van der Waals surface area (Å²) in [5.74, 6) is -0.476. The predicted octanol–water partition coefficient (Wildman–Crippen LogP) is 4.22. The van der Waals surface area contributed by atoms with E-state index in [4.69, 9.17) is 12.2 Å². The van der Waals surface area contributed by atoms with Crippen molar-refractivity contribution in [1.29, 1.82) is 0 Å². The zero-order chi connectivity index (χ0) is 22.3. The lowest BCUT2D eigenvalue weighted by atomic mass is 10.1. The van der Waals surface area contributed by atoms with E-state index in [1.54, 1.807) is 6.08 Å². The smallest absolute Gasteiger partial charge is 0.300 e. The first-order valence-corrected chi connectivity index (χ1v) is 10.0. The molecular formula is C19H13N5O5S2. The standard InChI is InChI=1S/C19H13N5O5S2/c1-21-10-11(13-4-2-3-5-15(13)21)8-17-18(25)22(19(30)31-17)20-14-7-6-12(23(26)27)9-16(14)24(28)29/h2-10,20H,1H3/b17-8-. The highest BCUT2D eigenvalue weighted by molar-refractivity contribution is 8.26. The molecule has 1 N–H and O–H groups in total. The Labute approximate surface area is 184 Å². The van der Waals surface area contributed by atoms with E-state index in [1.807, 2.05) is 42.1 Å². The number of nitrogens with zero attached hydrogens (tertiary/aromatic N) is 4. The number of fused-ring (bicyclic) bond motifs is 1. The van der Waals surface area contributed by atoms with Gasteiger partial charge in [0.2, 0.25) is 0 Å². The van der Waals surface area contributed by atoms with E-state index in [0.717, 1.165) is 45.4 Å². The largest absolute Gasteiger partial charge is 0.350 e. The molecule has 156 valence electrons. The number of nitro benzene ring substituents is 2. The van der Waals surface area contributed by atoms with Crippen molar-refractivity contribution >= 4 is 68.2 Å². The molecule has 2 aromatic carbocycles. The van der Waals surface area contributed by atoms with Gasteiger partial charge in [-0.3, -0.25) is 30.4 Å². The number of aromatic nitrogens is 1. The highest BCUT2D eigenvalue weighted by atomic mass is 32.2. The SMILES string of the molecule is Cn1cc(/C=C2\SC(=S)N(Nc3ccc([N+](=O)[O-])cc3[N+](=O)[O-])C2=O)c2ccccc21. The quantitative estimate of drug-likeness (QED) is 0.262. The number of hydrogen-bond acceptors (Lipinski definition) is 8. The number of nitrogens with one attached hydrogen (secondary N) is 1. The molecule has 0 unspecified atom stereocenters. The number of anilines is 1. The van der Waals surface area contributed by atoms with Crippen LogP contribution in [0.1, 0.15) is 5.56 Å². The molecule has 3 aromatic rings. The number of hydrogen-bond donors (Lipinski definition) is 1. The number of para-hydroxylation sites is 1. The molecule has 0 bridgehead atoms. The summed E-state index contributed by atoms with van der Waals surface area (Å²) in [6, 6.07) is 10.8. The number of amides is 1. The van der Waals surface area contributed by atoms with Gasteiger partial charge in [0.15, 0.2) is 4.32 Å². The topological polar surface area (TPSA) is 124 Å². The lowest BCUT2D eigenvalue weighted by molar-refractivity contribution is -0.393. The lowest BCUT2D eigenvalue weighted by Crippen LogP contribution is -2.34. The Balaban J connectivity index is 1.66. The lowest BCUT2D eigenvalue weighted by Gasteiger charge is -2.16. The molecule has 1 aromatic heterocycles. The average Bonchev–Trinajstić information content (AvgIpc) is 3.19. The van der Waals surface area contributed by atoms with Crippen LogP contribution in [0.4, 0.5) is 17.1 Å². The summed E-state index contributed by atoms with van der Waals surface area (Å²) in [6.45, 7) is 0. The fraction of sp³-hybridized carbons (Fsp3) is 0.0526. The van der Waals surface area contributed by atoms with Crippen molar-refractivity contribution in [3.63, 3.8) is 0 Å². The Hall–Kier alpha value is -3.77. The molecule has 0 spiro atoms. The molecule has 31 heavy (non-hydrogen) atoms. The van der Waals surface area contributed by atoms with Crippen LogP contribution in [-0.2, 0) is 11.8 Å². The van der Waals surface area contributed by atoms with Gasteiger partial charge in [0.1, 0.15) is 5.69 Å². The second-order valence-corrected chi connectivity index (χ2v) is 8.23. The summed E-state index contributed by atoms with van der Waals surface area (Å²) in [4.78, 5) is 34.0. The van der Waals surface area contributed by atoms with Crippen LogP contribution < -0.4 is 5.43 Å². The highest BCUT2D eigenvalue weighted by Gasteiger charge is 2.34. The molecule has 10 nitrogen and oxygen atoms in total. The van der Waals surface area contributed by atoms with E-state index in [1.165, 1.54) is 6.07 Å². The molecule has 0 aliphatic carbocycles. The van der Waals surface area contributed by atoms with E-state index in [9.17, 15) is 25.0 Å².